The fraction of sp³-hybridized carbons (Fsp3) is 0.316. The summed E-state index contributed by atoms with van der Waals surface area (Å²) in [6.07, 6.45) is 0. The molecule has 26 heavy (non-hydrogen) atoms. The first-order valence-corrected chi connectivity index (χ1v) is 8.11. The van der Waals surface area contributed by atoms with Gasteiger partial charge in [-0.25, -0.2) is 4.39 Å². The standard InChI is InChI=1S/C19H24FN3O2.HI/c1-21-19(23-13-15-7-9-17(20)10-8-15)22-11-12-25-14-16-5-3-4-6-18(16)24-2;/h3-10H,11-14H2,1-2H3,(H2,21,22,23);1H. The van der Waals surface area contributed by atoms with Crippen molar-refractivity contribution < 1.29 is 13.9 Å². The van der Waals surface area contributed by atoms with E-state index in [2.05, 4.69) is 15.6 Å². The summed E-state index contributed by atoms with van der Waals surface area (Å²) in [5, 5.41) is 6.35. The molecule has 0 amide bonds. The largest absolute Gasteiger partial charge is 0.496 e. The minimum Gasteiger partial charge on any atom is -0.496 e. The van der Waals surface area contributed by atoms with Gasteiger partial charge in [-0.2, -0.15) is 0 Å². The third kappa shape index (κ3) is 7.57. The second kappa shape index (κ2) is 12.5. The highest BCUT2D eigenvalue weighted by Crippen LogP contribution is 2.17. The van der Waals surface area contributed by atoms with Crippen molar-refractivity contribution in [1.29, 1.82) is 0 Å². The Bertz CT molecular complexity index is 681. The molecular formula is C19H25FIN3O2. The molecule has 0 aromatic heterocycles. The molecule has 0 radical (unpaired) electrons. The molecule has 0 spiro atoms. The van der Waals surface area contributed by atoms with E-state index in [1.165, 1.54) is 12.1 Å². The van der Waals surface area contributed by atoms with Gasteiger partial charge in [0.2, 0.25) is 0 Å². The summed E-state index contributed by atoms with van der Waals surface area (Å²) < 4.78 is 23.8. The van der Waals surface area contributed by atoms with E-state index in [1.807, 2.05) is 24.3 Å². The number of methoxy groups -OCH3 is 1. The van der Waals surface area contributed by atoms with Crippen LogP contribution in [0.3, 0.4) is 0 Å². The van der Waals surface area contributed by atoms with Crippen LogP contribution in [0, 0.1) is 5.82 Å². The molecule has 2 rings (SSSR count). The van der Waals surface area contributed by atoms with Gasteiger partial charge in [0.15, 0.2) is 5.96 Å². The Morgan fingerprint density at radius 2 is 1.81 bits per heavy atom. The number of benzene rings is 2. The van der Waals surface area contributed by atoms with Crippen molar-refractivity contribution in [3.63, 3.8) is 0 Å². The van der Waals surface area contributed by atoms with Gasteiger partial charge < -0.3 is 20.1 Å². The molecule has 2 aromatic rings. The lowest BCUT2D eigenvalue weighted by molar-refractivity contribution is 0.123. The average Bonchev–Trinajstić information content (AvgIpc) is 2.65. The van der Waals surface area contributed by atoms with Gasteiger partial charge in [-0.1, -0.05) is 30.3 Å². The Kier molecular flexibility index (Phi) is 10.6. The van der Waals surface area contributed by atoms with Gasteiger partial charge in [0.05, 0.1) is 20.3 Å². The van der Waals surface area contributed by atoms with Crippen molar-refractivity contribution in [3.8, 4) is 5.75 Å². The number of hydrogen-bond donors (Lipinski definition) is 2. The highest BCUT2D eigenvalue weighted by molar-refractivity contribution is 14.0. The van der Waals surface area contributed by atoms with Crippen molar-refractivity contribution in [3.05, 3.63) is 65.5 Å². The zero-order valence-electron chi connectivity index (χ0n) is 15.0. The van der Waals surface area contributed by atoms with E-state index in [4.69, 9.17) is 9.47 Å². The summed E-state index contributed by atoms with van der Waals surface area (Å²) in [4.78, 5) is 4.15. The number of hydrogen-bond acceptors (Lipinski definition) is 3. The van der Waals surface area contributed by atoms with E-state index in [1.54, 1.807) is 26.3 Å². The molecule has 0 unspecified atom stereocenters. The topological polar surface area (TPSA) is 54.9 Å². The van der Waals surface area contributed by atoms with Gasteiger partial charge in [-0.15, -0.1) is 24.0 Å². The fourth-order valence-corrected chi connectivity index (χ4v) is 2.25. The van der Waals surface area contributed by atoms with Crippen LogP contribution < -0.4 is 15.4 Å². The molecule has 0 heterocycles. The van der Waals surface area contributed by atoms with Crippen molar-refractivity contribution in [2.24, 2.45) is 4.99 Å². The van der Waals surface area contributed by atoms with Gasteiger partial charge in [-0.3, -0.25) is 4.99 Å². The molecule has 0 aliphatic heterocycles. The number of guanidine groups is 1. The second-order valence-corrected chi connectivity index (χ2v) is 5.34. The van der Waals surface area contributed by atoms with Gasteiger partial charge in [0.1, 0.15) is 11.6 Å². The Morgan fingerprint density at radius 3 is 2.50 bits per heavy atom. The zero-order chi connectivity index (χ0) is 17.9. The molecule has 2 N–H and O–H groups in total. The van der Waals surface area contributed by atoms with Gasteiger partial charge in [-0.05, 0) is 23.8 Å². The summed E-state index contributed by atoms with van der Waals surface area (Å²) in [6, 6.07) is 14.2. The third-order valence-corrected chi connectivity index (χ3v) is 3.59. The highest BCUT2D eigenvalue weighted by atomic mass is 127. The van der Waals surface area contributed by atoms with Crippen LogP contribution in [0.1, 0.15) is 11.1 Å². The van der Waals surface area contributed by atoms with E-state index < -0.39 is 0 Å². The van der Waals surface area contributed by atoms with Crippen LogP contribution in [-0.4, -0.2) is 33.3 Å². The number of halogens is 2. The molecule has 142 valence electrons. The maximum absolute atomic E-state index is 12.9. The molecule has 5 nitrogen and oxygen atoms in total. The molecule has 0 atom stereocenters. The second-order valence-electron chi connectivity index (χ2n) is 5.34. The van der Waals surface area contributed by atoms with Crippen LogP contribution in [0.25, 0.3) is 0 Å². The monoisotopic (exact) mass is 473 g/mol. The molecule has 0 aliphatic rings. The smallest absolute Gasteiger partial charge is 0.191 e. The molecular weight excluding hydrogens is 448 g/mol. The first kappa shape index (κ1) is 22.2. The minimum atomic E-state index is -0.238. The number of nitrogens with one attached hydrogen (secondary N) is 2. The van der Waals surface area contributed by atoms with Crippen LogP contribution in [0.15, 0.2) is 53.5 Å². The predicted octanol–water partition coefficient (Wildman–Crippen LogP) is 3.33. The van der Waals surface area contributed by atoms with Crippen LogP contribution >= 0.6 is 24.0 Å². The lowest BCUT2D eigenvalue weighted by Crippen LogP contribution is -2.38. The Morgan fingerprint density at radius 1 is 1.08 bits per heavy atom. The first-order chi connectivity index (χ1) is 12.2. The van der Waals surface area contributed by atoms with Crippen LogP contribution in [-0.2, 0) is 17.9 Å². The fourth-order valence-electron chi connectivity index (χ4n) is 2.25. The van der Waals surface area contributed by atoms with Gasteiger partial charge >= 0.3 is 0 Å². The zero-order valence-corrected chi connectivity index (χ0v) is 17.3. The maximum atomic E-state index is 12.9. The van der Waals surface area contributed by atoms with Crippen LogP contribution in [0.2, 0.25) is 0 Å². The van der Waals surface area contributed by atoms with E-state index in [9.17, 15) is 4.39 Å². The van der Waals surface area contributed by atoms with E-state index in [0.717, 1.165) is 16.9 Å². The van der Waals surface area contributed by atoms with E-state index >= 15 is 0 Å². The van der Waals surface area contributed by atoms with E-state index in [-0.39, 0.29) is 29.8 Å². The Labute approximate surface area is 171 Å². The molecule has 0 bridgehead atoms. The molecule has 0 aliphatic carbocycles. The van der Waals surface area contributed by atoms with Crippen molar-refractivity contribution in [2.45, 2.75) is 13.2 Å². The highest BCUT2D eigenvalue weighted by Gasteiger charge is 2.02. The van der Waals surface area contributed by atoms with Gasteiger partial charge in [0.25, 0.3) is 0 Å². The number of nitrogens with zero attached hydrogens (tertiary/aromatic N) is 1. The number of para-hydroxylation sites is 1. The molecule has 2 aromatic carbocycles. The van der Waals surface area contributed by atoms with Crippen molar-refractivity contribution >= 4 is 29.9 Å². The summed E-state index contributed by atoms with van der Waals surface area (Å²) >= 11 is 0. The van der Waals surface area contributed by atoms with Crippen molar-refractivity contribution in [2.75, 3.05) is 27.3 Å². The average molecular weight is 473 g/mol. The van der Waals surface area contributed by atoms with Gasteiger partial charge in [0, 0.05) is 25.7 Å². The number of aliphatic imine (C=N–C) groups is 1. The Balaban J connectivity index is 0.00000338. The normalized spacial score (nSPS) is 10.8. The lowest BCUT2D eigenvalue weighted by atomic mass is 10.2. The van der Waals surface area contributed by atoms with Crippen LogP contribution in [0.4, 0.5) is 4.39 Å². The predicted molar refractivity (Wildman–Crippen MR) is 113 cm³/mol. The SMILES string of the molecule is CN=C(NCCOCc1ccccc1OC)NCc1ccc(F)cc1.I. The molecule has 0 saturated carbocycles. The van der Waals surface area contributed by atoms with Crippen molar-refractivity contribution in [1.82, 2.24) is 10.6 Å². The first-order valence-electron chi connectivity index (χ1n) is 8.11. The quantitative estimate of drug-likeness (QED) is 0.267. The number of rotatable bonds is 8. The minimum absolute atomic E-state index is 0. The Hall–Kier alpha value is -1.87. The van der Waals surface area contributed by atoms with Crippen LogP contribution in [0.5, 0.6) is 5.75 Å². The summed E-state index contributed by atoms with van der Waals surface area (Å²) in [7, 11) is 3.35. The summed E-state index contributed by atoms with van der Waals surface area (Å²) in [5.41, 5.74) is 2.00. The molecule has 0 saturated heterocycles. The summed E-state index contributed by atoms with van der Waals surface area (Å²) in [6.45, 7) is 2.23. The number of ether oxygens (including phenoxy) is 2. The summed E-state index contributed by atoms with van der Waals surface area (Å²) in [5.74, 6) is 1.26. The van der Waals surface area contributed by atoms with E-state index in [0.29, 0.717) is 32.3 Å². The third-order valence-electron chi connectivity index (χ3n) is 3.59. The molecule has 0 fully saturated rings. The maximum Gasteiger partial charge on any atom is 0.191 e. The lowest BCUT2D eigenvalue weighted by Gasteiger charge is -2.13. The molecule has 7 heteroatoms.